The number of carbonyl (C=O) groups is 1. The van der Waals surface area contributed by atoms with E-state index in [4.69, 9.17) is 5.11 Å². The van der Waals surface area contributed by atoms with E-state index in [2.05, 4.69) is 4.99 Å². The maximum Gasteiger partial charge on any atom is 0.455 e. The second-order valence-electron chi connectivity index (χ2n) is 6.44. The normalized spacial score (nSPS) is 14.2. The number of carbonyl (C=O) groups excluding carboxylic acids is 1. The lowest BCUT2D eigenvalue weighted by molar-refractivity contribution is -0.167. The first-order valence-electron chi connectivity index (χ1n) is 7.96. The van der Waals surface area contributed by atoms with Gasteiger partial charge in [-0.05, 0) is 23.0 Å². The van der Waals surface area contributed by atoms with Crippen LogP contribution in [0.5, 0.6) is 0 Å². The van der Waals surface area contributed by atoms with Gasteiger partial charge < -0.3 is 5.11 Å². The molecule has 0 atom stereocenters. The van der Waals surface area contributed by atoms with Gasteiger partial charge in [-0.25, -0.2) is 0 Å². The summed E-state index contributed by atoms with van der Waals surface area (Å²) in [6.07, 6.45) is -11.0. The number of hydrogen-bond acceptors (Lipinski definition) is 3. The van der Waals surface area contributed by atoms with E-state index in [1.807, 2.05) is 0 Å². The van der Waals surface area contributed by atoms with Crippen molar-refractivity contribution in [3.8, 4) is 0 Å². The molecule has 0 fully saturated rings. The number of allylic oxidation sites excluding steroid dienone is 2. The van der Waals surface area contributed by atoms with E-state index >= 15 is 0 Å². The minimum atomic E-state index is -5.60. The molecule has 1 aromatic carbocycles. The predicted octanol–water partition coefficient (Wildman–Crippen LogP) is 6.14. The summed E-state index contributed by atoms with van der Waals surface area (Å²) in [5, 5.41) is 9.16. The van der Waals surface area contributed by atoms with Gasteiger partial charge in [-0.1, -0.05) is 45.9 Å². The van der Waals surface area contributed by atoms with Crippen LogP contribution in [0.25, 0.3) is 0 Å². The molecule has 27 heavy (non-hydrogen) atoms. The Kier molecular flexibility index (Phi) is 6.85. The van der Waals surface area contributed by atoms with E-state index < -0.39 is 29.5 Å². The molecule has 3 nitrogen and oxygen atoms in total. The number of ketones is 1. The molecule has 0 aliphatic heterocycles. The third-order valence-corrected chi connectivity index (χ3v) is 3.69. The van der Waals surface area contributed by atoms with Gasteiger partial charge in [-0.2, -0.15) is 26.3 Å². The summed E-state index contributed by atoms with van der Waals surface area (Å²) >= 11 is 0. The smallest absolute Gasteiger partial charge is 0.455 e. The minimum Gasteiger partial charge on any atom is -0.504 e. The van der Waals surface area contributed by atoms with Crippen LogP contribution >= 0.6 is 0 Å². The Morgan fingerprint density at radius 3 is 1.74 bits per heavy atom. The Bertz CT molecular complexity index is 732. The van der Waals surface area contributed by atoms with E-state index in [-0.39, 0.29) is 23.7 Å². The zero-order valence-electron chi connectivity index (χ0n) is 15.0. The third kappa shape index (κ3) is 5.58. The highest BCUT2D eigenvalue weighted by Crippen LogP contribution is 2.35. The highest BCUT2D eigenvalue weighted by atomic mass is 19.4. The first-order chi connectivity index (χ1) is 12.2. The molecule has 0 heterocycles. The largest absolute Gasteiger partial charge is 0.504 e. The summed E-state index contributed by atoms with van der Waals surface area (Å²) in [5.74, 6) is -5.72. The quantitative estimate of drug-likeness (QED) is 0.282. The van der Waals surface area contributed by atoms with Crippen molar-refractivity contribution in [2.45, 2.75) is 51.9 Å². The molecule has 1 rings (SSSR count). The summed E-state index contributed by atoms with van der Waals surface area (Å²) < 4.78 is 76.1. The van der Waals surface area contributed by atoms with Crippen LogP contribution in [0.15, 0.2) is 34.5 Å². The van der Waals surface area contributed by atoms with E-state index in [0.29, 0.717) is 11.1 Å². The lowest BCUT2D eigenvalue weighted by Crippen LogP contribution is -2.29. The van der Waals surface area contributed by atoms with E-state index in [1.165, 1.54) is 0 Å². The number of aliphatic hydroxyl groups excluding tert-OH is 1. The van der Waals surface area contributed by atoms with Crippen molar-refractivity contribution in [3.05, 3.63) is 40.7 Å². The standard InChI is InChI=1S/C18H19F6NO2/c1-9(2)11-6-5-7-12(10(3)4)14(11)25-8-13(15(26)17(19,20)21)16(27)18(22,23)24/h5-10,26H,1-4H3/b15-13-,25-8?. The third-order valence-electron chi connectivity index (χ3n) is 3.69. The number of nitrogens with zero attached hydrogens (tertiary/aromatic N) is 1. The number of rotatable bonds is 5. The molecule has 0 aliphatic rings. The molecule has 150 valence electrons. The summed E-state index contributed by atoms with van der Waals surface area (Å²) in [4.78, 5) is 15.1. The van der Waals surface area contributed by atoms with Crippen molar-refractivity contribution < 1.29 is 36.2 Å². The van der Waals surface area contributed by atoms with Crippen LogP contribution in [-0.4, -0.2) is 29.5 Å². The Morgan fingerprint density at radius 1 is 0.963 bits per heavy atom. The van der Waals surface area contributed by atoms with E-state index in [0.717, 1.165) is 0 Å². The molecule has 0 saturated carbocycles. The molecule has 1 N–H and O–H groups in total. The Labute approximate surface area is 152 Å². The average molecular weight is 395 g/mol. The van der Waals surface area contributed by atoms with Crippen LogP contribution in [0, 0.1) is 0 Å². The lowest BCUT2D eigenvalue weighted by atomic mass is 9.93. The van der Waals surface area contributed by atoms with Gasteiger partial charge in [0.15, 0.2) is 0 Å². The summed E-state index contributed by atoms with van der Waals surface area (Å²) in [6, 6.07) is 4.98. The highest BCUT2D eigenvalue weighted by molar-refractivity contribution is 6.16. The molecule has 0 amide bonds. The minimum absolute atomic E-state index is 0.127. The number of halogens is 6. The van der Waals surface area contributed by atoms with E-state index in [1.54, 1.807) is 45.9 Å². The van der Waals surface area contributed by atoms with Crippen LogP contribution in [0.2, 0.25) is 0 Å². The van der Waals surface area contributed by atoms with Gasteiger partial charge in [-0.3, -0.25) is 9.79 Å². The Balaban J connectivity index is 3.65. The van der Waals surface area contributed by atoms with Crippen LogP contribution in [0.3, 0.4) is 0 Å². The monoisotopic (exact) mass is 395 g/mol. The molecule has 0 spiro atoms. The fraction of sp³-hybridized carbons (Fsp3) is 0.444. The van der Waals surface area contributed by atoms with Crippen molar-refractivity contribution in [1.82, 2.24) is 0 Å². The van der Waals surface area contributed by atoms with Gasteiger partial charge in [0, 0.05) is 6.21 Å². The van der Waals surface area contributed by atoms with Crippen molar-refractivity contribution >= 4 is 17.7 Å². The van der Waals surface area contributed by atoms with Crippen molar-refractivity contribution in [2.24, 2.45) is 4.99 Å². The molecule has 9 heteroatoms. The molecule has 0 saturated heterocycles. The summed E-state index contributed by atoms with van der Waals surface area (Å²) in [7, 11) is 0. The molecule has 0 bridgehead atoms. The zero-order chi connectivity index (χ0) is 21.2. The van der Waals surface area contributed by atoms with E-state index in [9.17, 15) is 31.1 Å². The molecular weight excluding hydrogens is 376 g/mol. The van der Waals surface area contributed by atoms with Gasteiger partial charge in [0.25, 0.3) is 5.78 Å². The zero-order valence-corrected chi connectivity index (χ0v) is 15.0. The SMILES string of the molecule is CC(C)c1cccc(C(C)C)c1N=C/C(C(=O)C(F)(F)F)=C(/O)C(F)(F)F. The summed E-state index contributed by atoms with van der Waals surface area (Å²) in [5.41, 5.74) is -0.612. The van der Waals surface area contributed by atoms with Crippen molar-refractivity contribution in [3.63, 3.8) is 0 Å². The molecule has 1 aromatic rings. The maximum absolute atomic E-state index is 12.7. The topological polar surface area (TPSA) is 49.7 Å². The maximum atomic E-state index is 12.7. The van der Waals surface area contributed by atoms with Crippen molar-refractivity contribution in [2.75, 3.05) is 0 Å². The molecule has 0 aliphatic carbocycles. The first kappa shape index (κ1) is 22.7. The number of Topliss-reactive ketones (excluding diaryl/α,β-unsaturated/α-hetero) is 1. The van der Waals surface area contributed by atoms with Gasteiger partial charge in [0.05, 0.1) is 11.3 Å². The van der Waals surface area contributed by atoms with Crippen LogP contribution in [0.1, 0.15) is 50.7 Å². The fourth-order valence-corrected chi connectivity index (χ4v) is 2.32. The van der Waals surface area contributed by atoms with Crippen molar-refractivity contribution in [1.29, 1.82) is 0 Å². The fourth-order valence-electron chi connectivity index (χ4n) is 2.32. The number of hydrogen-bond donors (Lipinski definition) is 1. The number of alkyl halides is 6. The van der Waals surface area contributed by atoms with Gasteiger partial charge in [0.2, 0.25) is 5.76 Å². The van der Waals surface area contributed by atoms with Gasteiger partial charge in [0.1, 0.15) is 0 Å². The predicted molar refractivity (Wildman–Crippen MR) is 89.5 cm³/mol. The second-order valence-corrected chi connectivity index (χ2v) is 6.44. The Hall–Kier alpha value is -2.32. The molecular formula is C18H19F6NO2. The number of aliphatic imine (C=N–C) groups is 1. The summed E-state index contributed by atoms with van der Waals surface area (Å²) in [6.45, 7) is 7.12. The number of benzene rings is 1. The van der Waals surface area contributed by atoms with Crippen LogP contribution in [0.4, 0.5) is 32.0 Å². The first-order valence-corrected chi connectivity index (χ1v) is 7.96. The van der Waals surface area contributed by atoms with Crippen LogP contribution < -0.4 is 0 Å². The lowest BCUT2D eigenvalue weighted by Gasteiger charge is -2.16. The number of para-hydroxylation sites is 1. The molecule has 0 unspecified atom stereocenters. The molecule has 0 aromatic heterocycles. The van der Waals surface area contributed by atoms with Gasteiger partial charge in [-0.15, -0.1) is 0 Å². The Morgan fingerprint density at radius 2 is 1.41 bits per heavy atom. The second kappa shape index (κ2) is 8.14. The number of aliphatic hydroxyl groups is 1. The molecule has 0 radical (unpaired) electrons. The van der Waals surface area contributed by atoms with Crippen LogP contribution in [-0.2, 0) is 4.79 Å². The van der Waals surface area contributed by atoms with Gasteiger partial charge >= 0.3 is 12.4 Å². The average Bonchev–Trinajstić information content (AvgIpc) is 2.52. The highest BCUT2D eigenvalue weighted by Gasteiger charge is 2.46.